The molecule has 2 fully saturated rings. The predicted molar refractivity (Wildman–Crippen MR) is 135 cm³/mol. The first-order chi connectivity index (χ1) is 16.9. The van der Waals surface area contributed by atoms with E-state index >= 15 is 0 Å². The summed E-state index contributed by atoms with van der Waals surface area (Å²) >= 11 is 6.17. The predicted octanol–water partition coefficient (Wildman–Crippen LogP) is 2.86. The number of morpholine rings is 2. The van der Waals surface area contributed by atoms with Gasteiger partial charge in [0.1, 0.15) is 10.6 Å². The number of hydrogen-bond donors (Lipinski definition) is 1. The molecule has 11 heteroatoms. The molecule has 2 heterocycles. The molecule has 0 unspecified atom stereocenters. The summed E-state index contributed by atoms with van der Waals surface area (Å²) in [4.78, 5) is 14.9. The van der Waals surface area contributed by atoms with E-state index in [0.717, 1.165) is 5.69 Å². The molecule has 0 bridgehead atoms. The molecule has 2 aliphatic heterocycles. The van der Waals surface area contributed by atoms with Crippen molar-refractivity contribution in [2.45, 2.75) is 4.90 Å². The topological polar surface area (TPSA) is 97.4 Å². The van der Waals surface area contributed by atoms with Crippen LogP contribution < -0.4 is 15.0 Å². The van der Waals surface area contributed by atoms with Gasteiger partial charge in [-0.2, -0.15) is 4.31 Å². The number of carbonyl (C=O) groups is 1. The minimum Gasteiger partial charge on any atom is -0.495 e. The Labute approximate surface area is 210 Å². The van der Waals surface area contributed by atoms with Gasteiger partial charge in [-0.05, 0) is 42.0 Å². The Morgan fingerprint density at radius 2 is 1.71 bits per heavy atom. The van der Waals surface area contributed by atoms with Crippen LogP contribution in [0.4, 0.5) is 11.4 Å². The third kappa shape index (κ3) is 6.14. The molecule has 0 radical (unpaired) electrons. The lowest BCUT2D eigenvalue weighted by molar-refractivity contribution is -0.111. The second-order valence-electron chi connectivity index (χ2n) is 8.01. The summed E-state index contributed by atoms with van der Waals surface area (Å²) in [6.07, 6.45) is 2.92. The summed E-state index contributed by atoms with van der Waals surface area (Å²) in [6, 6.07) is 10.1. The molecule has 2 aromatic carbocycles. The summed E-state index contributed by atoms with van der Waals surface area (Å²) in [5.41, 5.74) is 2.01. The van der Waals surface area contributed by atoms with Crippen molar-refractivity contribution in [2.75, 3.05) is 69.9 Å². The van der Waals surface area contributed by atoms with Crippen molar-refractivity contribution in [3.8, 4) is 5.75 Å². The zero-order valence-corrected chi connectivity index (χ0v) is 21.0. The van der Waals surface area contributed by atoms with E-state index < -0.39 is 10.0 Å². The second-order valence-corrected chi connectivity index (χ2v) is 10.4. The first kappa shape index (κ1) is 25.5. The van der Waals surface area contributed by atoms with Crippen molar-refractivity contribution in [3.63, 3.8) is 0 Å². The molecule has 0 aromatic heterocycles. The Balaban J connectivity index is 1.53. The van der Waals surface area contributed by atoms with Crippen LogP contribution in [0.3, 0.4) is 0 Å². The summed E-state index contributed by atoms with van der Waals surface area (Å²) < 4.78 is 43.7. The largest absolute Gasteiger partial charge is 0.495 e. The number of nitrogens with zero attached hydrogens (tertiary/aromatic N) is 2. The van der Waals surface area contributed by atoms with Crippen LogP contribution in [0.2, 0.25) is 5.02 Å². The second kappa shape index (κ2) is 11.4. The van der Waals surface area contributed by atoms with Gasteiger partial charge in [0.15, 0.2) is 0 Å². The van der Waals surface area contributed by atoms with E-state index in [1.54, 1.807) is 30.3 Å². The number of benzene rings is 2. The molecule has 0 atom stereocenters. The van der Waals surface area contributed by atoms with Gasteiger partial charge in [0.25, 0.3) is 0 Å². The zero-order valence-electron chi connectivity index (χ0n) is 19.4. The van der Waals surface area contributed by atoms with Crippen LogP contribution in [-0.4, -0.2) is 78.3 Å². The standard InChI is InChI=1S/C24H28ClN3O6S/c1-32-22-6-2-18(16-23(22)35(30,31)28-10-14-34-15-11-28)3-7-24(29)26-20-17-19(25)4-5-21(20)27-8-12-33-13-9-27/h2-7,16-17H,8-15H2,1H3,(H,26,29). The number of ether oxygens (including phenoxy) is 3. The molecular formula is C24H28ClN3O6S. The lowest BCUT2D eigenvalue weighted by Gasteiger charge is -2.30. The number of carbonyl (C=O) groups excluding carboxylic acids is 1. The van der Waals surface area contributed by atoms with Crippen molar-refractivity contribution in [1.82, 2.24) is 4.31 Å². The van der Waals surface area contributed by atoms with Gasteiger partial charge < -0.3 is 24.4 Å². The highest BCUT2D eigenvalue weighted by molar-refractivity contribution is 7.89. The fourth-order valence-corrected chi connectivity index (χ4v) is 5.73. The van der Waals surface area contributed by atoms with Crippen LogP contribution in [0.15, 0.2) is 47.4 Å². The zero-order chi connectivity index (χ0) is 24.8. The van der Waals surface area contributed by atoms with Crippen LogP contribution in [0.5, 0.6) is 5.75 Å². The number of methoxy groups -OCH3 is 1. The molecule has 35 heavy (non-hydrogen) atoms. The van der Waals surface area contributed by atoms with Gasteiger partial charge >= 0.3 is 0 Å². The number of amides is 1. The van der Waals surface area contributed by atoms with Crippen molar-refractivity contribution >= 4 is 45.0 Å². The Kier molecular flexibility index (Phi) is 8.30. The number of anilines is 2. The van der Waals surface area contributed by atoms with Gasteiger partial charge in [-0.25, -0.2) is 8.42 Å². The van der Waals surface area contributed by atoms with Crippen LogP contribution in [0.25, 0.3) is 6.08 Å². The number of halogens is 1. The summed E-state index contributed by atoms with van der Waals surface area (Å²) in [5, 5.41) is 3.39. The Hall–Kier alpha value is -2.63. The minimum absolute atomic E-state index is 0.0499. The molecule has 2 aromatic rings. The number of hydrogen-bond acceptors (Lipinski definition) is 7. The molecule has 188 valence electrons. The highest BCUT2D eigenvalue weighted by Crippen LogP contribution is 2.31. The first-order valence-electron chi connectivity index (χ1n) is 11.3. The third-order valence-corrected chi connectivity index (χ3v) is 7.93. The summed E-state index contributed by atoms with van der Waals surface area (Å²) in [5.74, 6) is -0.123. The van der Waals surface area contributed by atoms with Gasteiger partial charge in [-0.1, -0.05) is 17.7 Å². The Morgan fingerprint density at radius 3 is 2.40 bits per heavy atom. The quantitative estimate of drug-likeness (QED) is 0.559. The third-order valence-electron chi connectivity index (χ3n) is 5.77. The van der Waals surface area contributed by atoms with Crippen molar-refractivity contribution < 1.29 is 27.4 Å². The molecule has 0 saturated carbocycles. The number of sulfonamides is 1. The Morgan fingerprint density at radius 1 is 1.03 bits per heavy atom. The molecular weight excluding hydrogens is 494 g/mol. The van der Waals surface area contributed by atoms with Gasteiger partial charge in [-0.15, -0.1) is 0 Å². The van der Waals surface area contributed by atoms with E-state index in [0.29, 0.717) is 55.8 Å². The lowest BCUT2D eigenvalue weighted by atomic mass is 10.2. The van der Waals surface area contributed by atoms with Crippen molar-refractivity contribution in [1.29, 1.82) is 0 Å². The molecule has 4 rings (SSSR count). The molecule has 2 aliphatic rings. The Bertz CT molecular complexity index is 1190. The average molecular weight is 522 g/mol. The van der Waals surface area contributed by atoms with Crippen LogP contribution in [0.1, 0.15) is 5.56 Å². The van der Waals surface area contributed by atoms with E-state index in [1.165, 1.54) is 23.6 Å². The van der Waals surface area contributed by atoms with Crippen LogP contribution >= 0.6 is 11.6 Å². The molecule has 0 spiro atoms. The fourth-order valence-electron chi connectivity index (χ4n) is 3.96. The van der Waals surface area contributed by atoms with E-state index in [9.17, 15) is 13.2 Å². The number of rotatable bonds is 7. The normalized spacial score (nSPS) is 17.5. The molecule has 9 nitrogen and oxygen atoms in total. The van der Waals surface area contributed by atoms with Crippen molar-refractivity contribution in [2.24, 2.45) is 0 Å². The highest BCUT2D eigenvalue weighted by Gasteiger charge is 2.29. The molecule has 2 saturated heterocycles. The van der Waals surface area contributed by atoms with E-state index in [-0.39, 0.29) is 29.6 Å². The van der Waals surface area contributed by atoms with E-state index in [2.05, 4.69) is 10.2 Å². The summed E-state index contributed by atoms with van der Waals surface area (Å²) in [6.45, 7) is 3.90. The first-order valence-corrected chi connectivity index (χ1v) is 13.1. The molecule has 1 N–H and O–H groups in total. The van der Waals surface area contributed by atoms with Gasteiger partial charge in [0, 0.05) is 37.3 Å². The maximum absolute atomic E-state index is 13.2. The van der Waals surface area contributed by atoms with Gasteiger partial charge in [-0.3, -0.25) is 4.79 Å². The van der Waals surface area contributed by atoms with E-state index in [1.807, 2.05) is 6.07 Å². The SMILES string of the molecule is COc1ccc(C=CC(=O)Nc2cc(Cl)ccc2N2CCOCC2)cc1S(=O)(=O)N1CCOCC1. The maximum atomic E-state index is 13.2. The highest BCUT2D eigenvalue weighted by atomic mass is 35.5. The average Bonchev–Trinajstić information content (AvgIpc) is 2.88. The summed E-state index contributed by atoms with van der Waals surface area (Å²) in [7, 11) is -2.35. The smallest absolute Gasteiger partial charge is 0.248 e. The number of nitrogens with one attached hydrogen (secondary N) is 1. The monoisotopic (exact) mass is 521 g/mol. The maximum Gasteiger partial charge on any atom is 0.248 e. The van der Waals surface area contributed by atoms with Gasteiger partial charge in [0.2, 0.25) is 15.9 Å². The lowest BCUT2D eigenvalue weighted by Crippen LogP contribution is -2.40. The molecule has 0 aliphatic carbocycles. The van der Waals surface area contributed by atoms with Crippen LogP contribution in [-0.2, 0) is 24.3 Å². The van der Waals surface area contributed by atoms with Crippen molar-refractivity contribution in [3.05, 3.63) is 53.1 Å². The molecule has 1 amide bonds. The van der Waals surface area contributed by atoms with Gasteiger partial charge in [0.05, 0.1) is 44.9 Å². The van der Waals surface area contributed by atoms with Crippen LogP contribution in [0, 0.1) is 0 Å². The fraction of sp³-hybridized carbons (Fsp3) is 0.375. The minimum atomic E-state index is -3.77. The van der Waals surface area contributed by atoms with E-state index in [4.69, 9.17) is 25.8 Å².